The molecule has 0 amide bonds. The Bertz CT molecular complexity index is 662. The Morgan fingerprint density at radius 1 is 1.10 bits per heavy atom. The van der Waals surface area contributed by atoms with Crippen molar-refractivity contribution in [1.82, 2.24) is 0 Å². The van der Waals surface area contributed by atoms with E-state index in [2.05, 4.69) is 5.32 Å². The molecular formula is C13H9F3N2O2. The zero-order valence-corrected chi connectivity index (χ0v) is 10.1. The van der Waals surface area contributed by atoms with E-state index in [1.54, 1.807) is 0 Å². The number of anilines is 1. The summed E-state index contributed by atoms with van der Waals surface area (Å²) in [4.78, 5) is 9.91. The van der Waals surface area contributed by atoms with Gasteiger partial charge in [0.25, 0.3) is 5.69 Å². The molecule has 2 aromatic carbocycles. The Morgan fingerprint density at radius 2 is 1.85 bits per heavy atom. The predicted octanol–water partition coefficient (Wildman–Crippen LogP) is 3.62. The summed E-state index contributed by atoms with van der Waals surface area (Å²) in [6, 6.07) is 6.56. The Morgan fingerprint density at radius 3 is 2.55 bits per heavy atom. The van der Waals surface area contributed by atoms with E-state index in [0.717, 1.165) is 24.3 Å². The standard InChI is InChI=1S/C13H9F3N2O2/c14-10-5-4-9(18(19)20)6-12(10)17-7-8-2-1-3-11(15)13(8)16/h1-6,17H,7H2. The molecule has 0 saturated heterocycles. The average molecular weight is 282 g/mol. The fraction of sp³-hybridized carbons (Fsp3) is 0.0769. The molecule has 0 bridgehead atoms. The van der Waals surface area contributed by atoms with Gasteiger partial charge in [0.05, 0.1) is 10.6 Å². The summed E-state index contributed by atoms with van der Waals surface area (Å²) in [5.74, 6) is -2.76. The quantitative estimate of drug-likeness (QED) is 0.688. The van der Waals surface area contributed by atoms with Gasteiger partial charge in [-0.1, -0.05) is 12.1 Å². The van der Waals surface area contributed by atoms with Crippen LogP contribution in [0.15, 0.2) is 36.4 Å². The highest BCUT2D eigenvalue weighted by molar-refractivity contribution is 5.52. The van der Waals surface area contributed by atoms with Crippen LogP contribution >= 0.6 is 0 Å². The minimum Gasteiger partial charge on any atom is -0.378 e. The molecule has 20 heavy (non-hydrogen) atoms. The maximum Gasteiger partial charge on any atom is 0.271 e. The monoisotopic (exact) mass is 282 g/mol. The molecule has 0 spiro atoms. The summed E-state index contributed by atoms with van der Waals surface area (Å²) in [6.45, 7) is -0.193. The van der Waals surface area contributed by atoms with E-state index in [-0.39, 0.29) is 23.5 Å². The molecular weight excluding hydrogens is 273 g/mol. The van der Waals surface area contributed by atoms with Gasteiger partial charge in [-0.2, -0.15) is 0 Å². The lowest BCUT2D eigenvalue weighted by atomic mass is 10.2. The van der Waals surface area contributed by atoms with Crippen LogP contribution in [0.25, 0.3) is 0 Å². The smallest absolute Gasteiger partial charge is 0.271 e. The molecule has 0 aliphatic rings. The van der Waals surface area contributed by atoms with Crippen molar-refractivity contribution in [2.75, 3.05) is 5.32 Å². The fourth-order valence-corrected chi connectivity index (χ4v) is 1.64. The number of hydrogen-bond acceptors (Lipinski definition) is 3. The van der Waals surface area contributed by atoms with Crippen molar-refractivity contribution in [1.29, 1.82) is 0 Å². The van der Waals surface area contributed by atoms with Crippen LogP contribution < -0.4 is 5.32 Å². The van der Waals surface area contributed by atoms with Gasteiger partial charge in [-0.3, -0.25) is 10.1 Å². The summed E-state index contributed by atoms with van der Waals surface area (Å²) in [7, 11) is 0. The lowest BCUT2D eigenvalue weighted by molar-refractivity contribution is -0.384. The second kappa shape index (κ2) is 5.60. The topological polar surface area (TPSA) is 55.2 Å². The molecule has 0 aliphatic heterocycles. The Kier molecular flexibility index (Phi) is 3.88. The van der Waals surface area contributed by atoms with E-state index < -0.39 is 22.4 Å². The summed E-state index contributed by atoms with van der Waals surface area (Å²) in [5.41, 5.74) is -0.451. The van der Waals surface area contributed by atoms with Gasteiger partial charge in [0.15, 0.2) is 11.6 Å². The van der Waals surface area contributed by atoms with Gasteiger partial charge >= 0.3 is 0 Å². The molecule has 104 valence electrons. The Balaban J connectivity index is 2.20. The first-order valence-corrected chi connectivity index (χ1v) is 5.59. The molecule has 1 N–H and O–H groups in total. The minimum atomic E-state index is -1.04. The first-order valence-electron chi connectivity index (χ1n) is 5.59. The first kappa shape index (κ1) is 13.9. The van der Waals surface area contributed by atoms with Crippen LogP contribution in [-0.2, 0) is 6.54 Å². The van der Waals surface area contributed by atoms with Gasteiger partial charge in [0.2, 0.25) is 0 Å². The average Bonchev–Trinajstić information content (AvgIpc) is 2.41. The number of hydrogen-bond donors (Lipinski definition) is 1. The molecule has 2 aromatic rings. The van der Waals surface area contributed by atoms with Gasteiger partial charge < -0.3 is 5.32 Å². The van der Waals surface area contributed by atoms with Gasteiger partial charge in [-0.25, -0.2) is 13.2 Å². The highest BCUT2D eigenvalue weighted by atomic mass is 19.2. The third kappa shape index (κ3) is 2.87. The van der Waals surface area contributed by atoms with E-state index in [9.17, 15) is 23.3 Å². The molecule has 4 nitrogen and oxygen atoms in total. The molecule has 0 aliphatic carbocycles. The van der Waals surface area contributed by atoms with Crippen molar-refractivity contribution < 1.29 is 18.1 Å². The number of nitro benzene ring substituents is 1. The highest BCUT2D eigenvalue weighted by Gasteiger charge is 2.12. The van der Waals surface area contributed by atoms with Crippen molar-refractivity contribution in [3.8, 4) is 0 Å². The molecule has 0 atom stereocenters. The number of nitro groups is 1. The van der Waals surface area contributed by atoms with E-state index in [1.807, 2.05) is 0 Å². The van der Waals surface area contributed by atoms with Crippen LogP contribution in [0, 0.1) is 27.6 Å². The summed E-state index contributed by atoms with van der Waals surface area (Å²) < 4.78 is 39.8. The van der Waals surface area contributed by atoms with Crippen LogP contribution in [0.4, 0.5) is 24.5 Å². The zero-order valence-electron chi connectivity index (χ0n) is 10.1. The third-order valence-corrected chi connectivity index (χ3v) is 2.66. The van der Waals surface area contributed by atoms with Gasteiger partial charge in [-0.05, 0) is 12.1 Å². The Hall–Kier alpha value is -2.57. The van der Waals surface area contributed by atoms with Gasteiger partial charge in [0.1, 0.15) is 5.82 Å². The molecule has 0 fully saturated rings. The maximum atomic E-state index is 13.5. The fourth-order valence-electron chi connectivity index (χ4n) is 1.64. The van der Waals surface area contributed by atoms with Gasteiger partial charge in [-0.15, -0.1) is 0 Å². The van der Waals surface area contributed by atoms with E-state index >= 15 is 0 Å². The van der Waals surface area contributed by atoms with Crippen LogP contribution in [0.3, 0.4) is 0 Å². The lowest BCUT2D eigenvalue weighted by Gasteiger charge is -2.08. The van der Waals surface area contributed by atoms with Crippen molar-refractivity contribution in [3.63, 3.8) is 0 Å². The molecule has 0 unspecified atom stereocenters. The predicted molar refractivity (Wildman–Crippen MR) is 66.7 cm³/mol. The van der Waals surface area contributed by atoms with E-state index in [4.69, 9.17) is 0 Å². The SMILES string of the molecule is O=[N+]([O-])c1ccc(F)c(NCc2cccc(F)c2F)c1. The van der Waals surface area contributed by atoms with Crippen molar-refractivity contribution in [2.24, 2.45) is 0 Å². The minimum absolute atomic E-state index is 0.00379. The molecule has 0 heterocycles. The van der Waals surface area contributed by atoms with Crippen LogP contribution in [0.2, 0.25) is 0 Å². The summed E-state index contributed by atoms with van der Waals surface area (Å²) in [6.07, 6.45) is 0. The molecule has 0 aromatic heterocycles. The number of nitrogens with zero attached hydrogens (tertiary/aromatic N) is 1. The van der Waals surface area contributed by atoms with Gasteiger partial charge in [0, 0.05) is 24.2 Å². The molecule has 7 heteroatoms. The second-order valence-corrected chi connectivity index (χ2v) is 3.99. The Labute approximate surface area is 112 Å². The summed E-state index contributed by atoms with van der Waals surface area (Å²) in [5, 5.41) is 13.1. The number of benzene rings is 2. The van der Waals surface area contributed by atoms with Crippen molar-refractivity contribution in [3.05, 3.63) is 69.5 Å². The largest absolute Gasteiger partial charge is 0.378 e. The first-order chi connectivity index (χ1) is 9.49. The second-order valence-electron chi connectivity index (χ2n) is 3.99. The van der Waals surface area contributed by atoms with E-state index in [1.165, 1.54) is 12.1 Å². The number of non-ortho nitro benzene ring substituents is 1. The number of halogens is 3. The number of nitrogens with one attached hydrogen (secondary N) is 1. The number of rotatable bonds is 4. The van der Waals surface area contributed by atoms with Crippen molar-refractivity contribution in [2.45, 2.75) is 6.54 Å². The van der Waals surface area contributed by atoms with E-state index in [0.29, 0.717) is 0 Å². The normalized spacial score (nSPS) is 10.3. The van der Waals surface area contributed by atoms with Crippen LogP contribution in [0.1, 0.15) is 5.56 Å². The lowest BCUT2D eigenvalue weighted by Crippen LogP contribution is -2.05. The van der Waals surface area contributed by atoms with Crippen LogP contribution in [0.5, 0.6) is 0 Å². The molecule has 2 rings (SSSR count). The summed E-state index contributed by atoms with van der Waals surface area (Å²) >= 11 is 0. The zero-order chi connectivity index (χ0) is 14.7. The highest BCUT2D eigenvalue weighted by Crippen LogP contribution is 2.22. The van der Waals surface area contributed by atoms with Crippen LogP contribution in [-0.4, -0.2) is 4.92 Å². The third-order valence-electron chi connectivity index (χ3n) is 2.66. The van der Waals surface area contributed by atoms with Crippen molar-refractivity contribution >= 4 is 11.4 Å². The maximum absolute atomic E-state index is 13.5. The molecule has 0 saturated carbocycles. The molecule has 0 radical (unpaired) electrons.